The van der Waals surface area contributed by atoms with Crippen molar-refractivity contribution in [2.45, 2.75) is 18.4 Å². The minimum absolute atomic E-state index is 0.000405. The molecule has 1 atom stereocenters. The smallest absolute Gasteiger partial charge is 0.279 e. The van der Waals surface area contributed by atoms with E-state index in [9.17, 15) is 13.2 Å². The number of nitrogens with one attached hydrogen (secondary N) is 2. The number of rotatable bonds is 8. The molecule has 1 aromatic carbocycles. The molecule has 2 aromatic rings. The van der Waals surface area contributed by atoms with Crippen molar-refractivity contribution >= 4 is 21.6 Å². The van der Waals surface area contributed by atoms with E-state index in [2.05, 4.69) is 5.32 Å². The first-order valence-electron chi connectivity index (χ1n) is 8.40. The molecule has 0 saturated carbocycles. The van der Waals surface area contributed by atoms with Crippen LogP contribution in [0.5, 0.6) is 5.75 Å². The van der Waals surface area contributed by atoms with Gasteiger partial charge in [-0.25, -0.2) is 12.7 Å². The summed E-state index contributed by atoms with van der Waals surface area (Å²) in [6, 6.07) is 8.30. The zero-order chi connectivity index (χ0) is 20.2. The lowest BCUT2D eigenvalue weighted by molar-refractivity contribution is -0.886. The number of aryl methyl sites for hydroxylation is 1. The Balaban J connectivity index is 2.09. The lowest BCUT2D eigenvalue weighted by Crippen LogP contribution is -3.08. The van der Waals surface area contributed by atoms with E-state index < -0.39 is 10.0 Å². The average Bonchev–Trinajstić information content (AvgIpc) is 2.99. The molecule has 0 fully saturated rings. The third kappa shape index (κ3) is 5.31. The van der Waals surface area contributed by atoms with Gasteiger partial charge >= 0.3 is 0 Å². The number of quaternary nitrogens is 1. The number of ether oxygens (including phenoxy) is 1. The minimum Gasteiger partial charge on any atom is -0.495 e. The van der Waals surface area contributed by atoms with E-state index in [0.717, 1.165) is 20.7 Å². The predicted octanol–water partition coefficient (Wildman–Crippen LogP) is 0.500. The van der Waals surface area contributed by atoms with Crippen LogP contribution in [0.15, 0.2) is 39.6 Å². The fourth-order valence-corrected chi connectivity index (χ4v) is 3.65. The number of nitrogens with zero attached hydrogens (tertiary/aromatic N) is 1. The Kier molecular flexibility index (Phi) is 6.63. The second kappa shape index (κ2) is 8.55. The highest BCUT2D eigenvalue weighted by Crippen LogP contribution is 2.28. The number of furan rings is 1. The van der Waals surface area contributed by atoms with Gasteiger partial charge in [-0.3, -0.25) is 4.79 Å². The van der Waals surface area contributed by atoms with Crippen molar-refractivity contribution in [3.8, 4) is 5.75 Å². The summed E-state index contributed by atoms with van der Waals surface area (Å²) in [4.78, 5) is 13.3. The number of benzene rings is 1. The van der Waals surface area contributed by atoms with Crippen LogP contribution in [0, 0.1) is 6.92 Å². The molecule has 1 amide bonds. The zero-order valence-corrected chi connectivity index (χ0v) is 17.0. The molecule has 2 rings (SSSR count). The summed E-state index contributed by atoms with van der Waals surface area (Å²) in [5.74, 6) is 1.63. The van der Waals surface area contributed by atoms with Crippen LogP contribution in [0.25, 0.3) is 0 Å². The second-order valence-electron chi connectivity index (χ2n) is 6.52. The number of likely N-dealkylation sites (N-methyl/N-ethyl adjacent to an activating group) is 1. The Morgan fingerprint density at radius 1 is 1.26 bits per heavy atom. The summed E-state index contributed by atoms with van der Waals surface area (Å²) in [7, 11) is 2.46. The number of amides is 1. The first kappa shape index (κ1) is 20.9. The highest BCUT2D eigenvalue weighted by Gasteiger charge is 2.23. The molecule has 1 unspecified atom stereocenters. The molecule has 1 aromatic heterocycles. The zero-order valence-electron chi connectivity index (χ0n) is 16.2. The fourth-order valence-electron chi connectivity index (χ4n) is 2.57. The van der Waals surface area contributed by atoms with Crippen LogP contribution in [0.4, 0.5) is 5.69 Å². The number of carbonyl (C=O) groups is 1. The molecule has 0 radical (unpaired) electrons. The fraction of sp³-hybridized carbons (Fsp3) is 0.389. The van der Waals surface area contributed by atoms with Gasteiger partial charge in [0.25, 0.3) is 5.91 Å². The van der Waals surface area contributed by atoms with Crippen molar-refractivity contribution in [3.63, 3.8) is 0 Å². The van der Waals surface area contributed by atoms with Crippen molar-refractivity contribution in [1.29, 1.82) is 0 Å². The van der Waals surface area contributed by atoms with Crippen LogP contribution in [0.1, 0.15) is 11.5 Å². The molecule has 8 nitrogen and oxygen atoms in total. The summed E-state index contributed by atoms with van der Waals surface area (Å²) in [5.41, 5.74) is 0.392. The molecule has 0 bridgehead atoms. The number of methoxy groups -OCH3 is 1. The summed E-state index contributed by atoms with van der Waals surface area (Å²) >= 11 is 0. The van der Waals surface area contributed by atoms with Gasteiger partial charge in [0.1, 0.15) is 22.9 Å². The molecule has 1 heterocycles. The standard InChI is InChI=1S/C18H25N3O5S/c1-13-6-8-15(26-13)11-21(4)12-18(22)19-14-7-9-16(25-5)17(10-14)27(23,24)20(2)3/h6-10H,11-12H2,1-5H3,(H,19,22)/p+1. The summed E-state index contributed by atoms with van der Waals surface area (Å²) < 4.78 is 36.7. The van der Waals surface area contributed by atoms with Crippen LogP contribution in [0.3, 0.4) is 0 Å². The number of hydrogen-bond donors (Lipinski definition) is 2. The van der Waals surface area contributed by atoms with E-state index in [1.54, 1.807) is 6.07 Å². The molecular formula is C18H26N3O5S+. The van der Waals surface area contributed by atoms with Crippen molar-refractivity contribution in [2.24, 2.45) is 0 Å². The SMILES string of the molecule is COc1ccc(NC(=O)C[NH+](C)Cc2ccc(C)o2)cc1S(=O)(=O)N(C)C. The van der Waals surface area contributed by atoms with Gasteiger partial charge in [0.2, 0.25) is 10.0 Å². The molecule has 0 spiro atoms. The second-order valence-corrected chi connectivity index (χ2v) is 8.64. The van der Waals surface area contributed by atoms with E-state index >= 15 is 0 Å². The molecule has 0 aliphatic rings. The van der Waals surface area contributed by atoms with Crippen molar-refractivity contribution < 1.29 is 27.3 Å². The van der Waals surface area contributed by atoms with E-state index in [1.165, 1.54) is 33.3 Å². The Hall–Kier alpha value is -2.36. The van der Waals surface area contributed by atoms with Gasteiger partial charge < -0.3 is 19.4 Å². The molecule has 148 valence electrons. The van der Waals surface area contributed by atoms with E-state index in [0.29, 0.717) is 12.2 Å². The Labute approximate surface area is 159 Å². The summed E-state index contributed by atoms with van der Waals surface area (Å²) in [6.07, 6.45) is 0. The summed E-state index contributed by atoms with van der Waals surface area (Å²) in [6.45, 7) is 2.65. The maximum Gasteiger partial charge on any atom is 0.279 e. The Morgan fingerprint density at radius 2 is 1.96 bits per heavy atom. The highest BCUT2D eigenvalue weighted by molar-refractivity contribution is 7.89. The van der Waals surface area contributed by atoms with Gasteiger partial charge in [-0.1, -0.05) is 0 Å². The first-order chi connectivity index (χ1) is 12.6. The van der Waals surface area contributed by atoms with Gasteiger partial charge in [-0.15, -0.1) is 0 Å². The van der Waals surface area contributed by atoms with E-state index in [-0.39, 0.29) is 23.1 Å². The maximum atomic E-state index is 12.5. The van der Waals surface area contributed by atoms with Crippen molar-refractivity contribution in [3.05, 3.63) is 41.9 Å². The van der Waals surface area contributed by atoms with E-state index in [4.69, 9.17) is 9.15 Å². The van der Waals surface area contributed by atoms with E-state index in [1.807, 2.05) is 26.1 Å². The van der Waals surface area contributed by atoms with Gasteiger partial charge in [-0.2, -0.15) is 0 Å². The predicted molar refractivity (Wildman–Crippen MR) is 101 cm³/mol. The van der Waals surface area contributed by atoms with Gasteiger partial charge in [0.05, 0.1) is 14.2 Å². The third-order valence-electron chi connectivity index (χ3n) is 3.94. The first-order valence-corrected chi connectivity index (χ1v) is 9.84. The van der Waals surface area contributed by atoms with Crippen LogP contribution in [-0.2, 0) is 21.4 Å². The normalized spacial score (nSPS) is 12.8. The van der Waals surface area contributed by atoms with Gasteiger partial charge in [0.15, 0.2) is 12.3 Å². The number of carbonyl (C=O) groups excluding carboxylic acids is 1. The number of sulfonamides is 1. The monoisotopic (exact) mass is 396 g/mol. The highest BCUT2D eigenvalue weighted by atomic mass is 32.2. The number of anilines is 1. The largest absolute Gasteiger partial charge is 0.495 e. The minimum atomic E-state index is -3.70. The van der Waals surface area contributed by atoms with Crippen molar-refractivity contribution in [1.82, 2.24) is 4.31 Å². The van der Waals surface area contributed by atoms with Crippen molar-refractivity contribution in [2.75, 3.05) is 40.1 Å². The maximum absolute atomic E-state index is 12.5. The summed E-state index contributed by atoms with van der Waals surface area (Å²) in [5, 5.41) is 2.74. The molecule has 0 aliphatic carbocycles. The molecular weight excluding hydrogens is 370 g/mol. The lowest BCUT2D eigenvalue weighted by Gasteiger charge is -2.16. The molecule has 2 N–H and O–H groups in total. The van der Waals surface area contributed by atoms with Crippen LogP contribution in [-0.4, -0.2) is 53.4 Å². The number of hydrogen-bond acceptors (Lipinski definition) is 5. The van der Waals surface area contributed by atoms with Crippen LogP contribution in [0.2, 0.25) is 0 Å². The molecule has 0 saturated heterocycles. The van der Waals surface area contributed by atoms with Crippen LogP contribution < -0.4 is 15.0 Å². The van der Waals surface area contributed by atoms with Gasteiger partial charge in [0, 0.05) is 19.8 Å². The Bertz CT molecular complexity index is 905. The van der Waals surface area contributed by atoms with Gasteiger partial charge in [-0.05, 0) is 37.3 Å². The topological polar surface area (TPSA) is 93.3 Å². The van der Waals surface area contributed by atoms with Crippen LogP contribution >= 0.6 is 0 Å². The third-order valence-corrected chi connectivity index (χ3v) is 5.78. The molecule has 27 heavy (non-hydrogen) atoms. The Morgan fingerprint density at radius 3 is 2.52 bits per heavy atom. The quantitative estimate of drug-likeness (QED) is 0.678. The molecule has 0 aliphatic heterocycles. The lowest BCUT2D eigenvalue weighted by atomic mass is 10.3. The molecule has 9 heteroatoms. The average molecular weight is 396 g/mol.